The van der Waals surface area contributed by atoms with Gasteiger partial charge in [0, 0.05) is 4.90 Å². The van der Waals surface area contributed by atoms with Crippen molar-refractivity contribution in [1.29, 1.82) is 0 Å². The number of hydrogen-bond acceptors (Lipinski definition) is 3. The number of carboxylic acid groups (broad SMARTS) is 1. The molecule has 70 valence electrons. The molecular weight excluding hydrogens is 188 g/mol. The predicted octanol–water partition coefficient (Wildman–Crippen LogP) is 2.60. The zero-order valence-electron chi connectivity index (χ0n) is 7.19. The highest BCUT2D eigenvalue weighted by Crippen LogP contribution is 2.15. The molecule has 0 aliphatic rings. The number of benzene rings is 1. The van der Waals surface area contributed by atoms with Gasteiger partial charge in [0.25, 0.3) is 0 Å². The number of hydrogen-bond donors (Lipinski definition) is 1. The molecule has 0 saturated carbocycles. The van der Waals surface area contributed by atoms with Crippen LogP contribution < -0.4 is 0 Å². The van der Waals surface area contributed by atoms with Gasteiger partial charge in [0.05, 0.1) is 0 Å². The SMILES string of the molecule is CSc1ccc(COC(=O)O)cc1. The lowest BCUT2D eigenvalue weighted by Crippen LogP contribution is -1.99. The van der Waals surface area contributed by atoms with E-state index in [-0.39, 0.29) is 6.61 Å². The second-order valence-corrected chi connectivity index (χ2v) is 3.28. The molecular formula is C9H10O3S. The average Bonchev–Trinajstić information content (AvgIpc) is 2.15. The average molecular weight is 198 g/mol. The smallest absolute Gasteiger partial charge is 0.450 e. The van der Waals surface area contributed by atoms with Gasteiger partial charge >= 0.3 is 6.16 Å². The fourth-order valence-electron chi connectivity index (χ4n) is 0.867. The monoisotopic (exact) mass is 198 g/mol. The van der Waals surface area contributed by atoms with Crippen LogP contribution in [0.5, 0.6) is 0 Å². The maximum atomic E-state index is 10.1. The Hall–Kier alpha value is -1.16. The minimum atomic E-state index is -1.24. The van der Waals surface area contributed by atoms with E-state index in [4.69, 9.17) is 5.11 Å². The first-order valence-corrected chi connectivity index (χ1v) is 4.93. The lowest BCUT2D eigenvalue weighted by molar-refractivity contribution is 0.0854. The third-order valence-corrected chi connectivity index (χ3v) is 2.26. The molecule has 0 saturated heterocycles. The van der Waals surface area contributed by atoms with Gasteiger partial charge in [-0.15, -0.1) is 11.8 Å². The molecule has 0 heterocycles. The summed E-state index contributed by atoms with van der Waals surface area (Å²) in [5.41, 5.74) is 0.861. The van der Waals surface area contributed by atoms with E-state index in [1.165, 1.54) is 0 Å². The number of carbonyl (C=O) groups is 1. The molecule has 0 aliphatic carbocycles. The van der Waals surface area contributed by atoms with Crippen molar-refractivity contribution < 1.29 is 14.6 Å². The Morgan fingerprint density at radius 3 is 2.54 bits per heavy atom. The maximum Gasteiger partial charge on any atom is 0.506 e. The predicted molar refractivity (Wildman–Crippen MR) is 51.0 cm³/mol. The summed E-state index contributed by atoms with van der Waals surface area (Å²) in [6, 6.07) is 7.58. The van der Waals surface area contributed by atoms with Gasteiger partial charge in [0.1, 0.15) is 6.61 Å². The minimum Gasteiger partial charge on any atom is -0.450 e. The largest absolute Gasteiger partial charge is 0.506 e. The van der Waals surface area contributed by atoms with Crippen molar-refractivity contribution >= 4 is 17.9 Å². The standard InChI is InChI=1S/C9H10O3S/c1-13-8-4-2-7(3-5-8)6-12-9(10)11/h2-5H,6H2,1H3,(H,10,11). The summed E-state index contributed by atoms with van der Waals surface area (Å²) in [4.78, 5) is 11.2. The molecule has 1 aromatic carbocycles. The Bertz CT molecular complexity index is 281. The van der Waals surface area contributed by atoms with Gasteiger partial charge in [-0.05, 0) is 24.0 Å². The summed E-state index contributed by atoms with van der Waals surface area (Å²) in [6.07, 6.45) is 0.747. The third-order valence-electron chi connectivity index (χ3n) is 1.52. The molecule has 0 amide bonds. The summed E-state index contributed by atoms with van der Waals surface area (Å²) in [7, 11) is 0. The van der Waals surface area contributed by atoms with Gasteiger partial charge in [-0.25, -0.2) is 4.79 Å². The van der Waals surface area contributed by atoms with Crippen molar-refractivity contribution in [2.45, 2.75) is 11.5 Å². The summed E-state index contributed by atoms with van der Waals surface area (Å²) in [5, 5.41) is 8.25. The van der Waals surface area contributed by atoms with E-state index in [0.29, 0.717) is 0 Å². The normalized spacial score (nSPS) is 9.62. The van der Waals surface area contributed by atoms with Crippen LogP contribution in [0.3, 0.4) is 0 Å². The van der Waals surface area contributed by atoms with Crippen LogP contribution in [0.25, 0.3) is 0 Å². The van der Waals surface area contributed by atoms with Gasteiger partial charge in [-0.1, -0.05) is 12.1 Å². The van der Waals surface area contributed by atoms with E-state index in [2.05, 4.69) is 4.74 Å². The number of thioether (sulfide) groups is 1. The highest BCUT2D eigenvalue weighted by Gasteiger charge is 1.98. The van der Waals surface area contributed by atoms with Crippen molar-refractivity contribution in [1.82, 2.24) is 0 Å². The fourth-order valence-corrected chi connectivity index (χ4v) is 1.28. The minimum absolute atomic E-state index is 0.115. The van der Waals surface area contributed by atoms with Crippen molar-refractivity contribution in [2.24, 2.45) is 0 Å². The molecule has 3 nitrogen and oxygen atoms in total. The van der Waals surface area contributed by atoms with Crippen molar-refractivity contribution in [3.05, 3.63) is 29.8 Å². The summed E-state index contributed by atoms with van der Waals surface area (Å²) < 4.78 is 4.41. The third kappa shape index (κ3) is 3.38. The lowest BCUT2D eigenvalue weighted by Gasteiger charge is -2.01. The summed E-state index contributed by atoms with van der Waals surface area (Å²) in [5.74, 6) is 0. The fraction of sp³-hybridized carbons (Fsp3) is 0.222. The molecule has 0 bridgehead atoms. The van der Waals surface area contributed by atoms with Gasteiger partial charge in [-0.3, -0.25) is 0 Å². The second-order valence-electron chi connectivity index (χ2n) is 2.40. The van der Waals surface area contributed by atoms with E-state index in [1.54, 1.807) is 11.8 Å². The Balaban J connectivity index is 2.54. The zero-order chi connectivity index (χ0) is 9.68. The van der Waals surface area contributed by atoms with Crippen LogP contribution in [0.1, 0.15) is 5.56 Å². The van der Waals surface area contributed by atoms with Gasteiger partial charge in [0.15, 0.2) is 0 Å². The van der Waals surface area contributed by atoms with Gasteiger partial charge < -0.3 is 9.84 Å². The molecule has 0 fully saturated rings. The van der Waals surface area contributed by atoms with Crippen LogP contribution in [0.15, 0.2) is 29.2 Å². The maximum absolute atomic E-state index is 10.1. The molecule has 1 aromatic rings. The zero-order valence-corrected chi connectivity index (χ0v) is 8.00. The molecule has 0 atom stereocenters. The highest BCUT2D eigenvalue weighted by atomic mass is 32.2. The molecule has 0 radical (unpaired) electrons. The van der Waals surface area contributed by atoms with E-state index >= 15 is 0 Å². The Morgan fingerprint density at radius 1 is 1.46 bits per heavy atom. The van der Waals surface area contributed by atoms with Crippen LogP contribution in [-0.2, 0) is 11.3 Å². The first kappa shape index (κ1) is 9.92. The molecule has 0 unspecified atom stereocenters. The highest BCUT2D eigenvalue weighted by molar-refractivity contribution is 7.98. The molecule has 0 aromatic heterocycles. The van der Waals surface area contributed by atoms with Crippen LogP contribution in [-0.4, -0.2) is 17.5 Å². The van der Waals surface area contributed by atoms with Gasteiger partial charge in [0.2, 0.25) is 0 Å². The van der Waals surface area contributed by atoms with E-state index in [0.717, 1.165) is 10.5 Å². The first-order chi connectivity index (χ1) is 6.22. The van der Waals surface area contributed by atoms with E-state index in [1.807, 2.05) is 30.5 Å². The van der Waals surface area contributed by atoms with Gasteiger partial charge in [-0.2, -0.15) is 0 Å². The molecule has 0 aliphatic heterocycles. The first-order valence-electron chi connectivity index (χ1n) is 3.71. The van der Waals surface area contributed by atoms with Crippen LogP contribution >= 0.6 is 11.8 Å². The van der Waals surface area contributed by atoms with Crippen molar-refractivity contribution in [2.75, 3.05) is 6.26 Å². The quantitative estimate of drug-likeness (QED) is 0.599. The summed E-state index contributed by atoms with van der Waals surface area (Å²) in [6.45, 7) is 0.115. The van der Waals surface area contributed by atoms with Crippen molar-refractivity contribution in [3.63, 3.8) is 0 Å². The number of rotatable bonds is 3. The topological polar surface area (TPSA) is 46.5 Å². The molecule has 1 N–H and O–H groups in total. The number of ether oxygens (including phenoxy) is 1. The van der Waals surface area contributed by atoms with E-state index < -0.39 is 6.16 Å². The lowest BCUT2D eigenvalue weighted by atomic mass is 10.2. The molecule has 1 rings (SSSR count). The molecule has 0 spiro atoms. The second kappa shape index (κ2) is 4.77. The van der Waals surface area contributed by atoms with Crippen LogP contribution in [0, 0.1) is 0 Å². The van der Waals surface area contributed by atoms with Crippen LogP contribution in [0.2, 0.25) is 0 Å². The van der Waals surface area contributed by atoms with E-state index in [9.17, 15) is 4.79 Å². The Kier molecular flexibility index (Phi) is 3.64. The molecule has 4 heteroatoms. The molecule has 13 heavy (non-hydrogen) atoms. The Morgan fingerprint density at radius 2 is 2.08 bits per heavy atom. The van der Waals surface area contributed by atoms with Crippen LogP contribution in [0.4, 0.5) is 4.79 Å². The summed E-state index contributed by atoms with van der Waals surface area (Å²) >= 11 is 1.64. The Labute approximate surface area is 80.7 Å². The van der Waals surface area contributed by atoms with Crippen molar-refractivity contribution in [3.8, 4) is 0 Å².